The maximum atomic E-state index is 13.1. The summed E-state index contributed by atoms with van der Waals surface area (Å²) in [5.74, 6) is 1.93. The Hall–Kier alpha value is -2.11. The van der Waals surface area contributed by atoms with Crippen molar-refractivity contribution in [3.63, 3.8) is 0 Å². The van der Waals surface area contributed by atoms with Crippen LogP contribution >= 0.6 is 24.0 Å². The first kappa shape index (κ1) is 27.1. The van der Waals surface area contributed by atoms with Crippen LogP contribution in [0.1, 0.15) is 17.2 Å². The quantitative estimate of drug-likeness (QED) is 0.274. The van der Waals surface area contributed by atoms with E-state index in [1.807, 2.05) is 12.1 Å². The lowest BCUT2D eigenvalue weighted by Crippen LogP contribution is -2.46. The Labute approximate surface area is 212 Å². The molecule has 0 amide bonds. The number of hydrogen-bond donors (Lipinski definition) is 2. The van der Waals surface area contributed by atoms with Gasteiger partial charge in [0.15, 0.2) is 17.5 Å². The van der Waals surface area contributed by atoms with Gasteiger partial charge in [-0.25, -0.2) is 4.39 Å². The summed E-state index contributed by atoms with van der Waals surface area (Å²) in [4.78, 5) is 6.76. The standard InChI is InChI=1S/C24H33FN4O3.HI/c1-26-24(27-11-10-18-4-7-20(25)8-5-18)28-17-21(29-12-14-32-15-13-29)19-6-9-22(30-2)23(16-19)31-3;/h4-9,16,21H,10-15,17H2,1-3H3,(H2,26,27,28);1H. The smallest absolute Gasteiger partial charge is 0.191 e. The van der Waals surface area contributed by atoms with Gasteiger partial charge in [0.25, 0.3) is 0 Å². The molecule has 1 fully saturated rings. The predicted octanol–water partition coefficient (Wildman–Crippen LogP) is 3.24. The molecule has 9 heteroatoms. The average Bonchev–Trinajstić information content (AvgIpc) is 2.84. The first-order valence-corrected chi connectivity index (χ1v) is 10.9. The van der Waals surface area contributed by atoms with Gasteiger partial charge in [-0.15, -0.1) is 24.0 Å². The van der Waals surface area contributed by atoms with Gasteiger partial charge >= 0.3 is 0 Å². The van der Waals surface area contributed by atoms with Crippen molar-refractivity contribution in [1.29, 1.82) is 0 Å². The fraction of sp³-hybridized carbons (Fsp3) is 0.458. The molecule has 0 aliphatic carbocycles. The molecule has 0 radical (unpaired) electrons. The number of nitrogens with one attached hydrogen (secondary N) is 2. The van der Waals surface area contributed by atoms with E-state index in [0.29, 0.717) is 37.8 Å². The van der Waals surface area contributed by atoms with Crippen molar-refractivity contribution in [2.24, 2.45) is 4.99 Å². The normalized spacial score (nSPS) is 15.3. The monoisotopic (exact) mass is 572 g/mol. The lowest BCUT2D eigenvalue weighted by molar-refractivity contribution is 0.0169. The summed E-state index contributed by atoms with van der Waals surface area (Å²) in [7, 11) is 5.05. The van der Waals surface area contributed by atoms with Gasteiger partial charge in [-0.1, -0.05) is 18.2 Å². The summed E-state index contributed by atoms with van der Waals surface area (Å²) in [6, 6.07) is 12.7. The van der Waals surface area contributed by atoms with E-state index >= 15 is 0 Å². The number of nitrogens with zero attached hydrogens (tertiary/aromatic N) is 2. The molecule has 2 aromatic carbocycles. The highest BCUT2D eigenvalue weighted by atomic mass is 127. The summed E-state index contributed by atoms with van der Waals surface area (Å²) < 4.78 is 29.5. The number of guanidine groups is 1. The fourth-order valence-electron chi connectivity index (χ4n) is 3.80. The second kappa shape index (κ2) is 14.2. The Bertz CT molecular complexity index is 877. The summed E-state index contributed by atoms with van der Waals surface area (Å²) in [6.07, 6.45) is 0.781. The maximum Gasteiger partial charge on any atom is 0.191 e. The van der Waals surface area contributed by atoms with Crippen LogP contribution in [0.4, 0.5) is 4.39 Å². The van der Waals surface area contributed by atoms with Gasteiger partial charge in [-0.05, 0) is 41.8 Å². The summed E-state index contributed by atoms with van der Waals surface area (Å²) in [5, 5.41) is 6.79. The van der Waals surface area contributed by atoms with Crippen molar-refractivity contribution in [3.05, 3.63) is 59.4 Å². The maximum absolute atomic E-state index is 13.1. The number of hydrogen-bond acceptors (Lipinski definition) is 5. The Morgan fingerprint density at radius 2 is 1.76 bits per heavy atom. The molecule has 0 saturated carbocycles. The molecule has 182 valence electrons. The largest absolute Gasteiger partial charge is 0.493 e. The molecule has 1 atom stereocenters. The van der Waals surface area contributed by atoms with Crippen LogP contribution in [0.2, 0.25) is 0 Å². The molecule has 1 aliphatic heterocycles. The molecule has 7 nitrogen and oxygen atoms in total. The zero-order valence-electron chi connectivity index (χ0n) is 19.5. The lowest BCUT2D eigenvalue weighted by atomic mass is 10.0. The molecular weight excluding hydrogens is 538 g/mol. The third-order valence-electron chi connectivity index (χ3n) is 5.58. The van der Waals surface area contributed by atoms with Gasteiger partial charge in [0, 0.05) is 33.2 Å². The number of aliphatic imine (C=N–C) groups is 1. The van der Waals surface area contributed by atoms with E-state index in [9.17, 15) is 4.39 Å². The molecule has 1 saturated heterocycles. The van der Waals surface area contributed by atoms with E-state index < -0.39 is 0 Å². The van der Waals surface area contributed by atoms with Gasteiger partial charge in [0.2, 0.25) is 0 Å². The van der Waals surface area contributed by atoms with Crippen LogP contribution in [-0.2, 0) is 11.2 Å². The van der Waals surface area contributed by atoms with E-state index in [0.717, 1.165) is 36.6 Å². The zero-order chi connectivity index (χ0) is 22.8. The minimum Gasteiger partial charge on any atom is -0.493 e. The van der Waals surface area contributed by atoms with Gasteiger partial charge in [-0.2, -0.15) is 0 Å². The summed E-state index contributed by atoms with van der Waals surface area (Å²) in [5.41, 5.74) is 2.21. The number of halogens is 2. The topological polar surface area (TPSA) is 67.4 Å². The van der Waals surface area contributed by atoms with Crippen LogP contribution in [0.15, 0.2) is 47.5 Å². The third-order valence-corrected chi connectivity index (χ3v) is 5.58. The van der Waals surface area contributed by atoms with Gasteiger partial charge in [0.1, 0.15) is 5.82 Å². The Morgan fingerprint density at radius 3 is 2.39 bits per heavy atom. The first-order valence-electron chi connectivity index (χ1n) is 10.9. The van der Waals surface area contributed by atoms with Crippen molar-refractivity contribution >= 4 is 29.9 Å². The van der Waals surface area contributed by atoms with E-state index in [2.05, 4.69) is 26.6 Å². The molecular formula is C24H34FIN4O3. The van der Waals surface area contributed by atoms with Crippen molar-refractivity contribution in [2.75, 3.05) is 60.7 Å². The molecule has 0 bridgehead atoms. The number of methoxy groups -OCH3 is 2. The van der Waals surface area contributed by atoms with Gasteiger partial charge < -0.3 is 24.8 Å². The van der Waals surface area contributed by atoms with E-state index in [4.69, 9.17) is 14.2 Å². The molecule has 1 unspecified atom stereocenters. The first-order chi connectivity index (χ1) is 15.6. The number of benzene rings is 2. The van der Waals surface area contributed by atoms with Crippen molar-refractivity contribution in [1.82, 2.24) is 15.5 Å². The Kier molecular flexibility index (Phi) is 11.7. The number of rotatable bonds is 9. The van der Waals surface area contributed by atoms with Crippen LogP contribution in [0.5, 0.6) is 11.5 Å². The van der Waals surface area contributed by atoms with E-state index in [-0.39, 0.29) is 35.8 Å². The second-order valence-electron chi connectivity index (χ2n) is 7.53. The van der Waals surface area contributed by atoms with E-state index in [1.54, 1.807) is 33.4 Å². The summed E-state index contributed by atoms with van der Waals surface area (Å²) in [6.45, 7) is 4.52. The van der Waals surface area contributed by atoms with Crippen LogP contribution in [0.3, 0.4) is 0 Å². The van der Waals surface area contributed by atoms with E-state index in [1.165, 1.54) is 12.1 Å². The minimum atomic E-state index is -0.219. The summed E-state index contributed by atoms with van der Waals surface area (Å²) >= 11 is 0. The average molecular weight is 572 g/mol. The molecule has 33 heavy (non-hydrogen) atoms. The highest BCUT2D eigenvalue weighted by molar-refractivity contribution is 14.0. The Morgan fingerprint density at radius 1 is 1.06 bits per heavy atom. The van der Waals surface area contributed by atoms with Crippen molar-refractivity contribution in [2.45, 2.75) is 12.5 Å². The zero-order valence-corrected chi connectivity index (χ0v) is 21.8. The second-order valence-corrected chi connectivity index (χ2v) is 7.53. The van der Waals surface area contributed by atoms with Gasteiger partial charge in [-0.3, -0.25) is 9.89 Å². The molecule has 1 aliphatic rings. The fourth-order valence-corrected chi connectivity index (χ4v) is 3.80. The SMILES string of the molecule is CN=C(NCCc1ccc(F)cc1)NCC(c1ccc(OC)c(OC)c1)N1CCOCC1.I. The highest BCUT2D eigenvalue weighted by Gasteiger charge is 2.24. The van der Waals surface area contributed by atoms with Crippen LogP contribution in [0, 0.1) is 5.82 Å². The van der Waals surface area contributed by atoms with Crippen LogP contribution < -0.4 is 20.1 Å². The Balaban J connectivity index is 0.00000385. The molecule has 0 aromatic heterocycles. The lowest BCUT2D eigenvalue weighted by Gasteiger charge is -2.35. The molecule has 1 heterocycles. The molecule has 2 N–H and O–H groups in total. The molecule has 2 aromatic rings. The third kappa shape index (κ3) is 8.01. The molecule has 0 spiro atoms. The predicted molar refractivity (Wildman–Crippen MR) is 140 cm³/mol. The van der Waals surface area contributed by atoms with Crippen molar-refractivity contribution in [3.8, 4) is 11.5 Å². The van der Waals surface area contributed by atoms with Crippen LogP contribution in [0.25, 0.3) is 0 Å². The van der Waals surface area contributed by atoms with Crippen LogP contribution in [-0.4, -0.2) is 71.5 Å². The highest BCUT2D eigenvalue weighted by Crippen LogP contribution is 2.32. The molecule has 3 rings (SSSR count). The number of morpholine rings is 1. The minimum absolute atomic E-state index is 0. The van der Waals surface area contributed by atoms with Crippen molar-refractivity contribution < 1.29 is 18.6 Å². The van der Waals surface area contributed by atoms with Gasteiger partial charge in [0.05, 0.1) is 33.5 Å². The number of ether oxygens (including phenoxy) is 3.